The van der Waals surface area contributed by atoms with Crippen molar-refractivity contribution in [2.24, 2.45) is 0 Å². The van der Waals surface area contributed by atoms with Crippen LogP contribution in [0.1, 0.15) is 24.0 Å². The van der Waals surface area contributed by atoms with Crippen LogP contribution in [0.3, 0.4) is 0 Å². The SMILES string of the molecule is C1=Cc2cc(N[C@H]3CCCNC3)nc(Nc3ccc(N4CCOCC4)cc3)c2CN1. The van der Waals surface area contributed by atoms with Gasteiger partial charge in [0, 0.05) is 49.2 Å². The van der Waals surface area contributed by atoms with Crippen LogP contribution in [0.5, 0.6) is 0 Å². The maximum Gasteiger partial charge on any atom is 0.138 e. The van der Waals surface area contributed by atoms with Crippen LogP contribution in [-0.4, -0.2) is 50.4 Å². The molecule has 0 bridgehead atoms. The molecule has 4 heterocycles. The van der Waals surface area contributed by atoms with Crippen molar-refractivity contribution in [1.82, 2.24) is 15.6 Å². The topological polar surface area (TPSA) is 73.5 Å². The number of piperidine rings is 1. The van der Waals surface area contributed by atoms with Gasteiger partial charge in [-0.05, 0) is 67.6 Å². The number of fused-ring (bicyclic) bond motifs is 1. The van der Waals surface area contributed by atoms with Gasteiger partial charge in [-0.15, -0.1) is 0 Å². The van der Waals surface area contributed by atoms with Crippen LogP contribution >= 0.6 is 0 Å². The molecule has 2 aromatic rings. The van der Waals surface area contributed by atoms with Crippen LogP contribution < -0.4 is 26.2 Å². The van der Waals surface area contributed by atoms with E-state index in [1.807, 2.05) is 6.20 Å². The molecule has 1 atom stereocenters. The summed E-state index contributed by atoms with van der Waals surface area (Å²) in [5.41, 5.74) is 4.70. The molecule has 0 aliphatic carbocycles. The van der Waals surface area contributed by atoms with Gasteiger partial charge >= 0.3 is 0 Å². The highest BCUT2D eigenvalue weighted by Gasteiger charge is 2.18. The van der Waals surface area contributed by atoms with Gasteiger partial charge in [0.05, 0.1) is 13.2 Å². The minimum Gasteiger partial charge on any atom is -0.387 e. The number of rotatable bonds is 5. The lowest BCUT2D eigenvalue weighted by molar-refractivity contribution is 0.122. The fourth-order valence-corrected chi connectivity index (χ4v) is 4.31. The number of ether oxygens (including phenoxy) is 1. The van der Waals surface area contributed by atoms with Gasteiger partial charge in [0.1, 0.15) is 11.6 Å². The highest BCUT2D eigenvalue weighted by Crippen LogP contribution is 2.29. The summed E-state index contributed by atoms with van der Waals surface area (Å²) < 4.78 is 5.46. The Morgan fingerprint density at radius 1 is 1.13 bits per heavy atom. The average Bonchev–Trinajstić information content (AvgIpc) is 2.81. The Bertz CT molecular complexity index is 885. The van der Waals surface area contributed by atoms with Crippen LogP contribution in [0.25, 0.3) is 6.08 Å². The highest BCUT2D eigenvalue weighted by atomic mass is 16.5. The van der Waals surface area contributed by atoms with E-state index in [2.05, 4.69) is 62.6 Å². The first-order valence-corrected chi connectivity index (χ1v) is 11.0. The summed E-state index contributed by atoms with van der Waals surface area (Å²) in [6.07, 6.45) is 6.51. The molecule has 1 aromatic heterocycles. The Labute approximate surface area is 177 Å². The molecule has 0 radical (unpaired) electrons. The molecule has 1 aromatic carbocycles. The quantitative estimate of drug-likeness (QED) is 0.608. The molecule has 0 amide bonds. The first-order valence-electron chi connectivity index (χ1n) is 11.0. The monoisotopic (exact) mass is 406 g/mol. The maximum atomic E-state index is 5.46. The number of nitrogens with one attached hydrogen (secondary N) is 4. The predicted octanol–water partition coefficient (Wildman–Crippen LogP) is 2.90. The van der Waals surface area contributed by atoms with E-state index in [4.69, 9.17) is 9.72 Å². The lowest BCUT2D eigenvalue weighted by Gasteiger charge is -2.29. The van der Waals surface area contributed by atoms with Gasteiger partial charge in [-0.25, -0.2) is 4.98 Å². The zero-order valence-electron chi connectivity index (χ0n) is 17.3. The molecule has 0 saturated carbocycles. The zero-order chi connectivity index (χ0) is 20.2. The smallest absolute Gasteiger partial charge is 0.138 e. The third-order valence-corrected chi connectivity index (χ3v) is 5.97. The van der Waals surface area contributed by atoms with Gasteiger partial charge in [-0.1, -0.05) is 0 Å². The lowest BCUT2D eigenvalue weighted by atomic mass is 10.0. The summed E-state index contributed by atoms with van der Waals surface area (Å²) in [4.78, 5) is 7.30. The summed E-state index contributed by atoms with van der Waals surface area (Å²) >= 11 is 0. The largest absolute Gasteiger partial charge is 0.387 e. The van der Waals surface area contributed by atoms with Crippen molar-refractivity contribution in [3.8, 4) is 0 Å². The number of hydrogen-bond donors (Lipinski definition) is 4. The summed E-state index contributed by atoms with van der Waals surface area (Å²) in [5, 5.41) is 14.0. The Morgan fingerprint density at radius 2 is 2.00 bits per heavy atom. The molecule has 30 heavy (non-hydrogen) atoms. The molecule has 3 aliphatic rings. The van der Waals surface area contributed by atoms with Crippen LogP contribution in [-0.2, 0) is 11.3 Å². The first kappa shape index (κ1) is 19.2. The van der Waals surface area contributed by atoms with Gasteiger partial charge in [-0.3, -0.25) is 0 Å². The van der Waals surface area contributed by atoms with E-state index >= 15 is 0 Å². The summed E-state index contributed by atoms with van der Waals surface area (Å²) in [6.45, 7) is 6.37. The molecule has 2 fully saturated rings. The molecule has 7 nitrogen and oxygen atoms in total. The van der Waals surface area contributed by atoms with E-state index in [0.29, 0.717) is 6.04 Å². The number of nitrogens with zero attached hydrogens (tertiary/aromatic N) is 2. The molecule has 5 rings (SSSR count). The molecule has 3 aliphatic heterocycles. The normalized spacial score (nSPS) is 20.9. The average molecular weight is 407 g/mol. The number of hydrogen-bond acceptors (Lipinski definition) is 7. The summed E-state index contributed by atoms with van der Waals surface area (Å²) in [5.74, 6) is 1.84. The summed E-state index contributed by atoms with van der Waals surface area (Å²) in [6, 6.07) is 11.2. The summed E-state index contributed by atoms with van der Waals surface area (Å²) in [7, 11) is 0. The van der Waals surface area contributed by atoms with E-state index < -0.39 is 0 Å². The number of anilines is 4. The van der Waals surface area contributed by atoms with Crippen LogP contribution in [0, 0.1) is 0 Å². The second-order valence-corrected chi connectivity index (χ2v) is 8.10. The number of aromatic nitrogens is 1. The predicted molar refractivity (Wildman–Crippen MR) is 122 cm³/mol. The van der Waals surface area contributed by atoms with Crippen molar-refractivity contribution in [3.63, 3.8) is 0 Å². The maximum absolute atomic E-state index is 5.46. The van der Waals surface area contributed by atoms with E-state index in [1.165, 1.54) is 29.7 Å². The molecule has 0 unspecified atom stereocenters. The minimum absolute atomic E-state index is 0.427. The van der Waals surface area contributed by atoms with E-state index in [-0.39, 0.29) is 0 Å². The lowest BCUT2D eigenvalue weighted by Crippen LogP contribution is -2.38. The van der Waals surface area contributed by atoms with E-state index in [1.54, 1.807) is 0 Å². The van der Waals surface area contributed by atoms with E-state index in [0.717, 1.165) is 63.3 Å². The fraction of sp³-hybridized carbons (Fsp3) is 0.435. The Hall–Kier alpha value is -2.77. The van der Waals surface area contributed by atoms with Crippen LogP contribution in [0.15, 0.2) is 36.5 Å². The Balaban J connectivity index is 1.36. The van der Waals surface area contributed by atoms with Gasteiger partial charge in [0.2, 0.25) is 0 Å². The molecule has 7 heteroatoms. The standard InChI is InChI=1S/C23H30N6O/c1-2-19(15-24-8-1)26-22-14-17-7-9-25-16-21(17)23(28-22)27-18-3-5-20(6-4-18)29-10-12-30-13-11-29/h3-7,9,14,19,24-25H,1-2,8,10-13,15-16H2,(H2,26,27,28)/t19-/m0/s1. The third kappa shape index (κ3) is 4.37. The van der Waals surface area contributed by atoms with Crippen molar-refractivity contribution in [3.05, 3.63) is 47.7 Å². The zero-order valence-corrected chi connectivity index (χ0v) is 17.3. The van der Waals surface area contributed by atoms with Gasteiger partial charge in [-0.2, -0.15) is 0 Å². The van der Waals surface area contributed by atoms with E-state index in [9.17, 15) is 0 Å². The molecule has 0 spiro atoms. The second-order valence-electron chi connectivity index (χ2n) is 8.10. The van der Waals surface area contributed by atoms with Crippen molar-refractivity contribution in [2.45, 2.75) is 25.4 Å². The highest BCUT2D eigenvalue weighted by molar-refractivity contribution is 5.71. The van der Waals surface area contributed by atoms with Crippen LogP contribution in [0.2, 0.25) is 0 Å². The minimum atomic E-state index is 0.427. The molecule has 4 N–H and O–H groups in total. The molecule has 158 valence electrons. The van der Waals surface area contributed by atoms with Gasteiger partial charge in [0.15, 0.2) is 0 Å². The Morgan fingerprint density at radius 3 is 2.80 bits per heavy atom. The van der Waals surface area contributed by atoms with Gasteiger partial charge < -0.3 is 30.9 Å². The van der Waals surface area contributed by atoms with Crippen molar-refractivity contribution < 1.29 is 4.74 Å². The molecule has 2 saturated heterocycles. The van der Waals surface area contributed by atoms with Gasteiger partial charge in [0.25, 0.3) is 0 Å². The molecular weight excluding hydrogens is 376 g/mol. The number of pyridine rings is 1. The van der Waals surface area contributed by atoms with Crippen molar-refractivity contribution >= 4 is 29.1 Å². The third-order valence-electron chi connectivity index (χ3n) is 5.97. The van der Waals surface area contributed by atoms with Crippen molar-refractivity contribution in [2.75, 3.05) is 54.9 Å². The second kappa shape index (κ2) is 8.93. The number of morpholine rings is 1. The first-order chi connectivity index (χ1) is 14.8. The van der Waals surface area contributed by atoms with Crippen molar-refractivity contribution in [1.29, 1.82) is 0 Å². The number of benzene rings is 1. The fourth-order valence-electron chi connectivity index (χ4n) is 4.31. The Kier molecular flexibility index (Phi) is 5.72. The molecular formula is C23H30N6O. The van der Waals surface area contributed by atoms with Crippen LogP contribution in [0.4, 0.5) is 23.0 Å².